The Morgan fingerprint density at radius 3 is 2.50 bits per heavy atom. The SMILES string of the molecule is COC(C)C1CCN1. The van der Waals surface area contributed by atoms with Crippen LogP contribution in [0.4, 0.5) is 0 Å². The van der Waals surface area contributed by atoms with Gasteiger partial charge in [0.1, 0.15) is 0 Å². The molecule has 48 valence electrons. The standard InChI is InChI=1S/C6H13NO/c1-5(8-2)6-3-4-7-6/h5-7H,3-4H2,1-2H3. The Morgan fingerprint density at radius 1 is 1.75 bits per heavy atom. The molecular weight excluding hydrogens is 102 g/mol. The van der Waals surface area contributed by atoms with Gasteiger partial charge in [0, 0.05) is 13.2 Å². The van der Waals surface area contributed by atoms with Gasteiger partial charge in [-0.15, -0.1) is 0 Å². The van der Waals surface area contributed by atoms with Crippen molar-refractivity contribution in [2.24, 2.45) is 0 Å². The minimum absolute atomic E-state index is 0.392. The zero-order valence-corrected chi connectivity index (χ0v) is 5.48. The topological polar surface area (TPSA) is 21.3 Å². The Labute approximate surface area is 50.2 Å². The van der Waals surface area contributed by atoms with Crippen molar-refractivity contribution in [3.8, 4) is 0 Å². The summed E-state index contributed by atoms with van der Waals surface area (Å²) in [5.74, 6) is 0. The number of nitrogens with one attached hydrogen (secondary N) is 1. The van der Waals surface area contributed by atoms with Crippen molar-refractivity contribution in [1.29, 1.82) is 0 Å². The molecule has 2 nitrogen and oxygen atoms in total. The number of hydrogen-bond acceptors (Lipinski definition) is 2. The van der Waals surface area contributed by atoms with Crippen LogP contribution in [0.25, 0.3) is 0 Å². The average molecular weight is 115 g/mol. The lowest BCUT2D eigenvalue weighted by molar-refractivity contribution is 0.0600. The maximum atomic E-state index is 5.09. The molecule has 2 unspecified atom stereocenters. The third-order valence-electron chi connectivity index (χ3n) is 1.80. The minimum atomic E-state index is 0.392. The fourth-order valence-electron chi connectivity index (χ4n) is 0.876. The van der Waals surface area contributed by atoms with Gasteiger partial charge >= 0.3 is 0 Å². The molecule has 1 N–H and O–H groups in total. The van der Waals surface area contributed by atoms with Crippen LogP contribution in [0.5, 0.6) is 0 Å². The quantitative estimate of drug-likeness (QED) is 0.562. The van der Waals surface area contributed by atoms with Gasteiger partial charge in [-0.25, -0.2) is 0 Å². The number of rotatable bonds is 2. The van der Waals surface area contributed by atoms with E-state index in [1.54, 1.807) is 7.11 Å². The number of ether oxygens (including phenoxy) is 1. The van der Waals surface area contributed by atoms with E-state index in [9.17, 15) is 0 Å². The van der Waals surface area contributed by atoms with E-state index in [1.807, 2.05) is 0 Å². The Balaban J connectivity index is 2.13. The molecule has 1 rings (SSSR count). The summed E-state index contributed by atoms with van der Waals surface area (Å²) in [7, 11) is 1.75. The van der Waals surface area contributed by atoms with Gasteiger partial charge < -0.3 is 10.1 Å². The molecular formula is C6H13NO. The van der Waals surface area contributed by atoms with Crippen LogP contribution in [-0.2, 0) is 4.74 Å². The predicted octanol–water partition coefficient (Wildman–Crippen LogP) is 0.383. The van der Waals surface area contributed by atoms with Crippen LogP contribution in [0.3, 0.4) is 0 Å². The van der Waals surface area contributed by atoms with Crippen molar-refractivity contribution >= 4 is 0 Å². The van der Waals surface area contributed by atoms with E-state index in [0.717, 1.165) is 0 Å². The average Bonchev–Trinajstić information content (AvgIpc) is 1.62. The Kier molecular flexibility index (Phi) is 1.86. The fourth-order valence-corrected chi connectivity index (χ4v) is 0.876. The van der Waals surface area contributed by atoms with Crippen LogP contribution < -0.4 is 5.32 Å². The lowest BCUT2D eigenvalue weighted by atomic mass is 10.0. The largest absolute Gasteiger partial charge is 0.380 e. The highest BCUT2D eigenvalue weighted by Gasteiger charge is 2.22. The van der Waals surface area contributed by atoms with Gasteiger partial charge in [0.25, 0.3) is 0 Å². The maximum Gasteiger partial charge on any atom is 0.0696 e. The monoisotopic (exact) mass is 115 g/mol. The second kappa shape index (κ2) is 2.46. The molecule has 0 aromatic carbocycles. The highest BCUT2D eigenvalue weighted by molar-refractivity contribution is 4.82. The maximum absolute atomic E-state index is 5.09. The van der Waals surface area contributed by atoms with Gasteiger partial charge in [0.05, 0.1) is 6.10 Å². The zero-order valence-electron chi connectivity index (χ0n) is 5.48. The highest BCUT2D eigenvalue weighted by atomic mass is 16.5. The van der Waals surface area contributed by atoms with Crippen LogP contribution in [-0.4, -0.2) is 25.8 Å². The Morgan fingerprint density at radius 2 is 2.38 bits per heavy atom. The number of methoxy groups -OCH3 is 1. The third kappa shape index (κ3) is 1.01. The van der Waals surface area contributed by atoms with Gasteiger partial charge in [-0.05, 0) is 19.9 Å². The Hall–Kier alpha value is -0.0800. The first-order chi connectivity index (χ1) is 3.84. The van der Waals surface area contributed by atoms with Crippen LogP contribution in [0.1, 0.15) is 13.3 Å². The molecule has 2 atom stereocenters. The van der Waals surface area contributed by atoms with Crippen LogP contribution in [0.2, 0.25) is 0 Å². The van der Waals surface area contributed by atoms with Crippen molar-refractivity contribution in [3.05, 3.63) is 0 Å². The summed E-state index contributed by atoms with van der Waals surface area (Å²) in [6.07, 6.45) is 1.67. The van der Waals surface area contributed by atoms with Crippen molar-refractivity contribution < 1.29 is 4.74 Å². The van der Waals surface area contributed by atoms with Crippen LogP contribution >= 0.6 is 0 Å². The third-order valence-corrected chi connectivity index (χ3v) is 1.80. The smallest absolute Gasteiger partial charge is 0.0696 e. The van der Waals surface area contributed by atoms with E-state index in [2.05, 4.69) is 12.2 Å². The molecule has 0 aliphatic carbocycles. The summed E-state index contributed by atoms with van der Waals surface area (Å²) >= 11 is 0. The predicted molar refractivity (Wildman–Crippen MR) is 32.9 cm³/mol. The van der Waals surface area contributed by atoms with E-state index < -0.39 is 0 Å². The van der Waals surface area contributed by atoms with Crippen molar-refractivity contribution in [3.63, 3.8) is 0 Å². The summed E-state index contributed by atoms with van der Waals surface area (Å²) in [6, 6.07) is 0.625. The first kappa shape index (κ1) is 6.05. The van der Waals surface area contributed by atoms with Crippen molar-refractivity contribution in [1.82, 2.24) is 5.32 Å². The second-order valence-corrected chi connectivity index (χ2v) is 2.29. The number of hydrogen-bond donors (Lipinski definition) is 1. The van der Waals surface area contributed by atoms with Gasteiger partial charge in [-0.2, -0.15) is 0 Å². The van der Waals surface area contributed by atoms with Gasteiger partial charge in [-0.1, -0.05) is 0 Å². The van der Waals surface area contributed by atoms with Crippen molar-refractivity contribution in [2.75, 3.05) is 13.7 Å². The molecule has 1 saturated heterocycles. The molecule has 1 heterocycles. The molecule has 0 aromatic rings. The molecule has 8 heavy (non-hydrogen) atoms. The molecule has 2 heteroatoms. The lowest BCUT2D eigenvalue weighted by Gasteiger charge is -2.31. The molecule has 0 spiro atoms. The lowest BCUT2D eigenvalue weighted by Crippen LogP contribution is -2.50. The molecule has 1 aliphatic heterocycles. The first-order valence-electron chi connectivity index (χ1n) is 3.11. The second-order valence-electron chi connectivity index (χ2n) is 2.29. The van der Waals surface area contributed by atoms with Gasteiger partial charge in [-0.3, -0.25) is 0 Å². The van der Waals surface area contributed by atoms with E-state index in [4.69, 9.17) is 4.74 Å². The van der Waals surface area contributed by atoms with E-state index in [1.165, 1.54) is 13.0 Å². The normalized spacial score (nSPS) is 31.5. The molecule has 0 aromatic heterocycles. The highest BCUT2D eigenvalue weighted by Crippen LogP contribution is 2.08. The summed E-state index contributed by atoms with van der Waals surface area (Å²) in [6.45, 7) is 3.26. The molecule has 0 saturated carbocycles. The molecule has 0 radical (unpaired) electrons. The summed E-state index contributed by atoms with van der Waals surface area (Å²) in [5.41, 5.74) is 0. The van der Waals surface area contributed by atoms with Gasteiger partial charge in [0.15, 0.2) is 0 Å². The molecule has 0 bridgehead atoms. The summed E-state index contributed by atoms with van der Waals surface area (Å²) in [5, 5.41) is 3.27. The summed E-state index contributed by atoms with van der Waals surface area (Å²) in [4.78, 5) is 0. The van der Waals surface area contributed by atoms with E-state index in [0.29, 0.717) is 12.1 Å². The van der Waals surface area contributed by atoms with Gasteiger partial charge in [0.2, 0.25) is 0 Å². The van der Waals surface area contributed by atoms with E-state index in [-0.39, 0.29) is 0 Å². The minimum Gasteiger partial charge on any atom is -0.380 e. The summed E-state index contributed by atoms with van der Waals surface area (Å²) < 4.78 is 5.09. The first-order valence-corrected chi connectivity index (χ1v) is 3.11. The fraction of sp³-hybridized carbons (Fsp3) is 1.00. The Bertz CT molecular complexity index is 68.2. The van der Waals surface area contributed by atoms with E-state index >= 15 is 0 Å². The molecule has 1 aliphatic rings. The molecule has 1 fully saturated rings. The zero-order chi connectivity index (χ0) is 5.98. The van der Waals surface area contributed by atoms with Crippen LogP contribution in [0.15, 0.2) is 0 Å². The molecule has 0 amide bonds. The van der Waals surface area contributed by atoms with Crippen LogP contribution in [0, 0.1) is 0 Å². The van der Waals surface area contributed by atoms with Crippen molar-refractivity contribution in [2.45, 2.75) is 25.5 Å².